The molecule has 0 aliphatic heterocycles. The van der Waals surface area contributed by atoms with Gasteiger partial charge in [-0.05, 0) is 0 Å². The highest BCUT2D eigenvalue weighted by atomic mass is 32.3. The summed E-state index contributed by atoms with van der Waals surface area (Å²) in [5, 5.41) is -6.84. The van der Waals surface area contributed by atoms with Gasteiger partial charge in [0.15, 0.2) is 0 Å². The normalized spacial score (nSPS) is 15.5. The zero-order valence-corrected chi connectivity index (χ0v) is 10.5. The Morgan fingerprint density at radius 2 is 1.29 bits per heavy atom. The Bertz CT molecular complexity index is 583. The molecular weight excluding hydrogens is 377 g/mol. The smallest absolute Gasteiger partial charge is 0.245 e. The Labute approximate surface area is 110 Å². The molecule has 21 heavy (non-hydrogen) atoms. The highest BCUT2D eigenvalue weighted by molar-refractivity contribution is 8.03. The summed E-state index contributed by atoms with van der Waals surface area (Å²) in [6.45, 7) is 0. The first-order chi connectivity index (χ1) is 8.86. The molecule has 0 aromatic rings. The van der Waals surface area contributed by atoms with Crippen LogP contribution in [-0.2, 0) is 25.2 Å². The van der Waals surface area contributed by atoms with Gasteiger partial charge in [0.2, 0.25) is 0 Å². The van der Waals surface area contributed by atoms with Gasteiger partial charge in [-0.25, -0.2) is 21.9 Å². The Morgan fingerprint density at radius 3 is 1.57 bits per heavy atom. The summed E-state index contributed by atoms with van der Waals surface area (Å²) in [4.78, 5) is 0. The van der Waals surface area contributed by atoms with E-state index in [0.717, 1.165) is 0 Å². The SMILES string of the molecule is O=S(=O)(F)NS(=O)(=O)C(F)(F)C(F)(F)OC(F)(F)C(F)F. The predicted octanol–water partition coefficient (Wildman–Crippen LogP) is 1.18. The molecular formula is C4H2F9NO5S2. The lowest BCUT2D eigenvalue weighted by atomic mass is 10.6. The second-order valence-corrected chi connectivity index (χ2v) is 6.08. The molecule has 0 heterocycles. The molecule has 0 fully saturated rings. The number of nitrogens with one attached hydrogen (secondary N) is 1. The van der Waals surface area contributed by atoms with Crippen molar-refractivity contribution in [2.24, 2.45) is 0 Å². The Morgan fingerprint density at radius 1 is 0.905 bits per heavy atom. The minimum absolute atomic E-state index is 0.608. The van der Waals surface area contributed by atoms with Crippen molar-refractivity contribution in [2.45, 2.75) is 23.9 Å². The average Bonchev–Trinajstić information content (AvgIpc) is 2.10. The summed E-state index contributed by atoms with van der Waals surface area (Å²) in [7, 11) is -13.7. The van der Waals surface area contributed by atoms with E-state index in [1.54, 1.807) is 4.74 Å². The van der Waals surface area contributed by atoms with Crippen LogP contribution in [-0.4, -0.2) is 40.7 Å². The topological polar surface area (TPSA) is 89.5 Å². The molecule has 0 spiro atoms. The standard InChI is InChI=1S/C4H2F9NO5S2/c5-1(6)2(7,8)19-3(9,10)4(11,12)20(15,16)14-21(13,17)18/h1,14H. The van der Waals surface area contributed by atoms with Crippen LogP contribution in [0.5, 0.6) is 0 Å². The summed E-state index contributed by atoms with van der Waals surface area (Å²) in [6.07, 6.45) is -18.1. The van der Waals surface area contributed by atoms with E-state index in [9.17, 15) is 55.8 Å². The molecule has 0 aromatic carbocycles. The Balaban J connectivity index is 5.68. The molecule has 0 radical (unpaired) electrons. The molecule has 0 atom stereocenters. The third kappa shape index (κ3) is 4.58. The number of hydrogen-bond donors (Lipinski definition) is 1. The van der Waals surface area contributed by atoms with E-state index in [2.05, 4.69) is 0 Å². The van der Waals surface area contributed by atoms with E-state index in [4.69, 9.17) is 0 Å². The largest absolute Gasteiger partial charge is 0.449 e. The van der Waals surface area contributed by atoms with Crippen molar-refractivity contribution < 1.29 is 60.6 Å². The summed E-state index contributed by atoms with van der Waals surface area (Å²) >= 11 is 0. The van der Waals surface area contributed by atoms with Gasteiger partial charge in [-0.3, -0.25) is 0 Å². The summed E-state index contributed by atoms with van der Waals surface area (Å²) in [5.74, 6) is 0. The van der Waals surface area contributed by atoms with Crippen LogP contribution in [0.15, 0.2) is 0 Å². The van der Waals surface area contributed by atoms with Crippen molar-refractivity contribution in [3.63, 3.8) is 0 Å². The molecule has 6 nitrogen and oxygen atoms in total. The van der Waals surface area contributed by atoms with Gasteiger partial charge >= 0.3 is 44.3 Å². The van der Waals surface area contributed by atoms with Crippen LogP contribution in [0.2, 0.25) is 0 Å². The quantitative estimate of drug-likeness (QED) is 0.530. The number of sulfonamides is 1. The molecule has 0 aliphatic carbocycles. The monoisotopic (exact) mass is 379 g/mol. The zero-order chi connectivity index (χ0) is 17.5. The van der Waals surface area contributed by atoms with Gasteiger partial charge in [-0.2, -0.15) is 34.8 Å². The van der Waals surface area contributed by atoms with Gasteiger partial charge in [-0.15, -0.1) is 0 Å². The molecule has 0 saturated heterocycles. The van der Waals surface area contributed by atoms with Crippen LogP contribution in [0, 0.1) is 0 Å². The minimum atomic E-state index is -7.17. The van der Waals surface area contributed by atoms with Crippen LogP contribution < -0.4 is 4.13 Å². The molecule has 0 rings (SSSR count). The van der Waals surface area contributed by atoms with E-state index in [1.165, 1.54) is 0 Å². The molecule has 0 amide bonds. The van der Waals surface area contributed by atoms with Gasteiger partial charge < -0.3 is 0 Å². The Hall–Kier alpha value is -0.810. The van der Waals surface area contributed by atoms with Crippen molar-refractivity contribution in [1.29, 1.82) is 0 Å². The van der Waals surface area contributed by atoms with Crippen molar-refractivity contribution >= 4 is 20.4 Å². The molecule has 128 valence electrons. The van der Waals surface area contributed by atoms with Crippen LogP contribution in [0.3, 0.4) is 0 Å². The van der Waals surface area contributed by atoms with Crippen molar-refractivity contribution in [3.05, 3.63) is 0 Å². The highest BCUT2D eigenvalue weighted by Crippen LogP contribution is 2.44. The third-order valence-electron chi connectivity index (χ3n) is 1.40. The lowest BCUT2D eigenvalue weighted by Crippen LogP contribution is -2.56. The molecule has 0 unspecified atom stereocenters. The van der Waals surface area contributed by atoms with Gasteiger partial charge in [0.1, 0.15) is 0 Å². The maximum Gasteiger partial charge on any atom is 0.449 e. The highest BCUT2D eigenvalue weighted by Gasteiger charge is 2.72. The molecule has 0 aliphatic rings. The minimum Gasteiger partial charge on any atom is -0.245 e. The fourth-order valence-corrected chi connectivity index (χ4v) is 2.44. The molecule has 0 aromatic heterocycles. The fourth-order valence-electron chi connectivity index (χ4n) is 0.615. The second-order valence-electron chi connectivity index (χ2n) is 3.02. The summed E-state index contributed by atoms with van der Waals surface area (Å²) in [6, 6.07) is 0. The number of ether oxygens (including phenoxy) is 1. The van der Waals surface area contributed by atoms with Crippen LogP contribution in [0.25, 0.3) is 0 Å². The van der Waals surface area contributed by atoms with Crippen LogP contribution in [0.4, 0.5) is 39.0 Å². The predicted molar refractivity (Wildman–Crippen MR) is 44.0 cm³/mol. The maximum atomic E-state index is 12.8. The van der Waals surface area contributed by atoms with E-state index in [1.807, 2.05) is 0 Å². The van der Waals surface area contributed by atoms with Gasteiger partial charge in [0.25, 0.3) is 0 Å². The second kappa shape index (κ2) is 5.43. The Kier molecular flexibility index (Phi) is 5.22. The molecule has 0 saturated carbocycles. The fraction of sp³-hybridized carbons (Fsp3) is 1.00. The van der Waals surface area contributed by atoms with Crippen molar-refractivity contribution in [1.82, 2.24) is 4.13 Å². The van der Waals surface area contributed by atoms with Crippen molar-refractivity contribution in [3.8, 4) is 0 Å². The first-order valence-electron chi connectivity index (χ1n) is 3.95. The van der Waals surface area contributed by atoms with E-state index in [-0.39, 0.29) is 0 Å². The molecule has 1 N–H and O–H groups in total. The van der Waals surface area contributed by atoms with Gasteiger partial charge in [0, 0.05) is 0 Å². The van der Waals surface area contributed by atoms with E-state index >= 15 is 0 Å². The first-order valence-corrected chi connectivity index (χ1v) is 6.82. The lowest BCUT2D eigenvalue weighted by Gasteiger charge is -2.28. The third-order valence-corrected chi connectivity index (χ3v) is 3.99. The average molecular weight is 379 g/mol. The maximum absolute atomic E-state index is 12.8. The van der Waals surface area contributed by atoms with E-state index in [0.29, 0.717) is 0 Å². The van der Waals surface area contributed by atoms with Crippen LogP contribution in [0.1, 0.15) is 0 Å². The number of rotatable bonds is 7. The lowest BCUT2D eigenvalue weighted by molar-refractivity contribution is -0.435. The van der Waals surface area contributed by atoms with Crippen LogP contribution >= 0.6 is 0 Å². The first kappa shape index (κ1) is 20.2. The number of alkyl halides is 8. The van der Waals surface area contributed by atoms with Gasteiger partial charge in [-0.1, -0.05) is 8.01 Å². The van der Waals surface area contributed by atoms with E-state index < -0.39 is 48.5 Å². The summed E-state index contributed by atoms with van der Waals surface area (Å²) < 4.78 is 152. The van der Waals surface area contributed by atoms with Crippen molar-refractivity contribution in [2.75, 3.05) is 0 Å². The molecule has 17 heteroatoms. The number of halogens is 9. The van der Waals surface area contributed by atoms with Gasteiger partial charge in [0.05, 0.1) is 0 Å². The zero-order valence-electron chi connectivity index (χ0n) is 8.84. The molecule has 0 bridgehead atoms. The number of hydrogen-bond acceptors (Lipinski definition) is 5. The summed E-state index contributed by atoms with van der Waals surface area (Å²) in [5.41, 5.74) is 0.